The smallest absolute Gasteiger partial charge is 0.338 e. The predicted molar refractivity (Wildman–Crippen MR) is 72.1 cm³/mol. The van der Waals surface area contributed by atoms with E-state index in [4.69, 9.17) is 22.1 Å². The molecule has 7 heteroatoms. The summed E-state index contributed by atoms with van der Waals surface area (Å²) in [5.41, 5.74) is 5.53. The van der Waals surface area contributed by atoms with Crippen LogP contribution in [0.1, 0.15) is 17.3 Å². The zero-order chi connectivity index (χ0) is 13.7. The van der Waals surface area contributed by atoms with E-state index in [0.717, 1.165) is 6.07 Å². The Morgan fingerprint density at radius 3 is 2.78 bits per heavy atom. The summed E-state index contributed by atoms with van der Waals surface area (Å²) in [7, 11) is 0. The van der Waals surface area contributed by atoms with Gasteiger partial charge in [0.25, 0.3) is 0 Å². The molecule has 0 aromatic heterocycles. The van der Waals surface area contributed by atoms with Gasteiger partial charge in [-0.15, -0.1) is 11.6 Å². The van der Waals surface area contributed by atoms with E-state index in [-0.39, 0.29) is 29.6 Å². The number of amidine groups is 1. The molecule has 1 rings (SSSR count). The highest BCUT2D eigenvalue weighted by Crippen LogP contribution is 2.30. The summed E-state index contributed by atoms with van der Waals surface area (Å²) < 4.78 is 18.8. The molecule has 4 nitrogen and oxygen atoms in total. The second-order valence-electron chi connectivity index (χ2n) is 3.25. The van der Waals surface area contributed by atoms with Gasteiger partial charge in [0.1, 0.15) is 11.5 Å². The van der Waals surface area contributed by atoms with Crippen molar-refractivity contribution in [3.05, 3.63) is 28.0 Å². The van der Waals surface area contributed by atoms with E-state index in [9.17, 15) is 9.18 Å². The molecule has 0 saturated heterocycles. The van der Waals surface area contributed by atoms with Crippen LogP contribution in [0.15, 0.2) is 21.6 Å². The summed E-state index contributed by atoms with van der Waals surface area (Å²) >= 11 is 8.58. The Hall–Kier alpha value is -1.14. The molecule has 0 unspecified atom stereocenters. The average molecular weight is 338 g/mol. The highest BCUT2D eigenvalue weighted by molar-refractivity contribution is 9.10. The molecule has 1 aromatic rings. The maximum absolute atomic E-state index is 13.8. The van der Waals surface area contributed by atoms with Gasteiger partial charge in [0.2, 0.25) is 0 Å². The third kappa shape index (κ3) is 3.68. The van der Waals surface area contributed by atoms with Crippen molar-refractivity contribution in [3.63, 3.8) is 0 Å². The summed E-state index contributed by atoms with van der Waals surface area (Å²) in [5.74, 6) is -1.20. The third-order valence-corrected chi connectivity index (χ3v) is 2.80. The summed E-state index contributed by atoms with van der Waals surface area (Å²) in [5, 5.41) is 0. The summed E-state index contributed by atoms with van der Waals surface area (Å²) in [6.45, 7) is 1.89. The fourth-order valence-corrected chi connectivity index (χ4v) is 1.76. The van der Waals surface area contributed by atoms with E-state index < -0.39 is 11.8 Å². The van der Waals surface area contributed by atoms with Gasteiger partial charge in [0.05, 0.1) is 18.1 Å². The van der Waals surface area contributed by atoms with Crippen molar-refractivity contribution in [1.82, 2.24) is 0 Å². The van der Waals surface area contributed by atoms with Gasteiger partial charge in [-0.1, -0.05) is 0 Å². The number of ether oxygens (including phenoxy) is 1. The third-order valence-electron chi connectivity index (χ3n) is 1.92. The van der Waals surface area contributed by atoms with E-state index in [1.807, 2.05) is 0 Å². The second-order valence-corrected chi connectivity index (χ2v) is 4.37. The maximum Gasteiger partial charge on any atom is 0.338 e. The van der Waals surface area contributed by atoms with Crippen molar-refractivity contribution in [2.45, 2.75) is 6.92 Å². The summed E-state index contributed by atoms with van der Waals surface area (Å²) in [4.78, 5) is 15.3. The number of hydrogen-bond acceptors (Lipinski definition) is 3. The standard InChI is InChI=1S/C11H11BrClFN2O2/c1-2-18-11(17)6-3-7(12)10(8(14)4-6)16-9(15)5-13/h3-4H,2,5H2,1H3,(H2,15,16). The zero-order valence-electron chi connectivity index (χ0n) is 9.54. The number of halogens is 3. The number of aliphatic imine (C=N–C) groups is 1. The average Bonchev–Trinajstić information content (AvgIpc) is 2.33. The van der Waals surface area contributed by atoms with Crippen LogP contribution < -0.4 is 5.73 Å². The van der Waals surface area contributed by atoms with Gasteiger partial charge in [-0.25, -0.2) is 14.2 Å². The van der Waals surface area contributed by atoms with Gasteiger partial charge in [0, 0.05) is 4.47 Å². The van der Waals surface area contributed by atoms with Gasteiger partial charge in [-0.2, -0.15) is 0 Å². The fourth-order valence-electron chi connectivity index (χ4n) is 1.18. The molecule has 0 bridgehead atoms. The number of benzene rings is 1. The first-order chi connectivity index (χ1) is 8.49. The Balaban J connectivity index is 3.16. The number of nitrogens with two attached hydrogens (primary N) is 1. The molecule has 18 heavy (non-hydrogen) atoms. The Morgan fingerprint density at radius 2 is 2.28 bits per heavy atom. The SMILES string of the molecule is CCOC(=O)c1cc(F)c(N=C(N)CCl)c(Br)c1. The monoisotopic (exact) mass is 336 g/mol. The molecule has 0 radical (unpaired) electrons. The number of esters is 1. The van der Waals surface area contributed by atoms with Crippen LogP contribution in [0, 0.1) is 5.82 Å². The van der Waals surface area contributed by atoms with Gasteiger partial charge in [-0.05, 0) is 35.0 Å². The van der Waals surface area contributed by atoms with Crippen molar-refractivity contribution < 1.29 is 13.9 Å². The molecular weight excluding hydrogens is 326 g/mol. The molecule has 0 aliphatic rings. The normalized spacial score (nSPS) is 11.4. The molecule has 0 amide bonds. The van der Waals surface area contributed by atoms with E-state index in [2.05, 4.69) is 20.9 Å². The number of rotatable bonds is 4. The largest absolute Gasteiger partial charge is 0.462 e. The zero-order valence-corrected chi connectivity index (χ0v) is 11.9. The van der Waals surface area contributed by atoms with Gasteiger partial charge in [-0.3, -0.25) is 0 Å². The molecule has 0 aliphatic carbocycles. The first-order valence-electron chi connectivity index (χ1n) is 5.04. The van der Waals surface area contributed by atoms with Crippen LogP contribution in [0.25, 0.3) is 0 Å². The number of carbonyl (C=O) groups excluding carboxylic acids is 1. The number of nitrogens with zero attached hydrogens (tertiary/aromatic N) is 1. The quantitative estimate of drug-likeness (QED) is 0.397. The molecule has 0 heterocycles. The van der Waals surface area contributed by atoms with E-state index in [1.165, 1.54) is 6.07 Å². The number of carbonyl (C=O) groups is 1. The van der Waals surface area contributed by atoms with Crippen molar-refractivity contribution in [2.75, 3.05) is 12.5 Å². The van der Waals surface area contributed by atoms with Crippen LogP contribution in [-0.2, 0) is 4.74 Å². The Kier molecular flexibility index (Phi) is 5.55. The van der Waals surface area contributed by atoms with Gasteiger partial charge >= 0.3 is 5.97 Å². The molecule has 0 saturated carbocycles. The number of hydrogen-bond donors (Lipinski definition) is 1. The van der Waals surface area contributed by atoms with Crippen molar-refractivity contribution in [2.24, 2.45) is 10.7 Å². The lowest BCUT2D eigenvalue weighted by Crippen LogP contribution is -2.12. The molecule has 0 atom stereocenters. The summed E-state index contributed by atoms with van der Waals surface area (Å²) in [6, 6.07) is 2.46. The minimum atomic E-state index is -0.680. The highest BCUT2D eigenvalue weighted by Gasteiger charge is 2.14. The van der Waals surface area contributed by atoms with Crippen LogP contribution in [0.3, 0.4) is 0 Å². The Morgan fingerprint density at radius 1 is 1.61 bits per heavy atom. The first kappa shape index (κ1) is 14.9. The fraction of sp³-hybridized carbons (Fsp3) is 0.273. The molecule has 2 N–H and O–H groups in total. The maximum atomic E-state index is 13.8. The summed E-state index contributed by atoms with van der Waals surface area (Å²) in [6.07, 6.45) is 0. The predicted octanol–water partition coefficient (Wildman–Crippen LogP) is 2.99. The number of alkyl halides is 1. The van der Waals surface area contributed by atoms with Crippen LogP contribution in [0.2, 0.25) is 0 Å². The van der Waals surface area contributed by atoms with Crippen molar-refractivity contribution >= 4 is 45.0 Å². The van der Waals surface area contributed by atoms with E-state index >= 15 is 0 Å². The molecule has 0 fully saturated rings. The van der Waals surface area contributed by atoms with Crippen LogP contribution >= 0.6 is 27.5 Å². The minimum Gasteiger partial charge on any atom is -0.462 e. The Labute approximate surface area is 117 Å². The molecule has 1 aromatic carbocycles. The van der Waals surface area contributed by atoms with E-state index in [1.54, 1.807) is 6.92 Å². The molecular formula is C11H11BrClFN2O2. The lowest BCUT2D eigenvalue weighted by atomic mass is 10.2. The van der Waals surface area contributed by atoms with Gasteiger partial charge < -0.3 is 10.5 Å². The molecule has 0 spiro atoms. The Bertz CT molecular complexity index is 471. The van der Waals surface area contributed by atoms with Gasteiger partial charge in [0.15, 0.2) is 5.82 Å². The van der Waals surface area contributed by atoms with Crippen LogP contribution in [0.5, 0.6) is 0 Å². The minimum absolute atomic E-state index is 0.00111. The highest BCUT2D eigenvalue weighted by atomic mass is 79.9. The lowest BCUT2D eigenvalue weighted by molar-refractivity contribution is 0.0526. The van der Waals surface area contributed by atoms with Crippen molar-refractivity contribution in [3.8, 4) is 0 Å². The molecule has 98 valence electrons. The second kappa shape index (κ2) is 6.70. The van der Waals surface area contributed by atoms with E-state index in [0.29, 0.717) is 4.47 Å². The lowest BCUT2D eigenvalue weighted by Gasteiger charge is -2.06. The van der Waals surface area contributed by atoms with Crippen molar-refractivity contribution in [1.29, 1.82) is 0 Å². The molecule has 0 aliphatic heterocycles. The topological polar surface area (TPSA) is 64.7 Å². The van der Waals surface area contributed by atoms with Crippen LogP contribution in [-0.4, -0.2) is 24.3 Å². The first-order valence-corrected chi connectivity index (χ1v) is 6.37. The van der Waals surface area contributed by atoms with Crippen LogP contribution in [0.4, 0.5) is 10.1 Å².